The fourth-order valence-electron chi connectivity index (χ4n) is 1.59. The quantitative estimate of drug-likeness (QED) is 0.661. The second kappa shape index (κ2) is 3.38. The molecule has 1 N–H and O–H groups in total. The van der Waals surface area contributed by atoms with Gasteiger partial charge in [-0.15, -0.1) is 0 Å². The van der Waals surface area contributed by atoms with E-state index < -0.39 is 6.04 Å². The van der Waals surface area contributed by atoms with Crippen LogP contribution in [0.25, 0.3) is 0 Å². The molecule has 0 saturated carbocycles. The lowest BCUT2D eigenvalue weighted by atomic mass is 10.2. The molecule has 6 heteroatoms. The molecule has 0 aromatic carbocycles. The van der Waals surface area contributed by atoms with Crippen molar-refractivity contribution in [3.63, 3.8) is 0 Å². The lowest BCUT2D eigenvalue weighted by Gasteiger charge is -2.30. The molecule has 0 spiro atoms. The van der Waals surface area contributed by atoms with Crippen molar-refractivity contribution in [1.82, 2.24) is 15.1 Å². The van der Waals surface area contributed by atoms with E-state index in [0.717, 1.165) is 0 Å². The first-order chi connectivity index (χ1) is 7.09. The van der Waals surface area contributed by atoms with Crippen molar-refractivity contribution in [1.29, 1.82) is 0 Å². The van der Waals surface area contributed by atoms with Gasteiger partial charge in [0.15, 0.2) is 5.82 Å². The molecule has 1 saturated heterocycles. The Hall–Kier alpha value is -1.85. The molecule has 1 aromatic rings. The highest BCUT2D eigenvalue weighted by atomic mass is 16.2. The van der Waals surface area contributed by atoms with Gasteiger partial charge < -0.3 is 5.32 Å². The highest BCUT2D eigenvalue weighted by molar-refractivity contribution is 6.05. The zero-order chi connectivity index (χ0) is 11.0. The number of anilines is 1. The minimum Gasteiger partial charge on any atom is -0.345 e. The van der Waals surface area contributed by atoms with Gasteiger partial charge in [-0.3, -0.25) is 19.2 Å². The summed E-state index contributed by atoms with van der Waals surface area (Å²) in [5.41, 5.74) is 0. The van der Waals surface area contributed by atoms with Crippen LogP contribution in [0.15, 0.2) is 12.3 Å². The van der Waals surface area contributed by atoms with Crippen molar-refractivity contribution in [2.24, 2.45) is 7.05 Å². The Morgan fingerprint density at radius 2 is 2.27 bits per heavy atom. The summed E-state index contributed by atoms with van der Waals surface area (Å²) in [5, 5.41) is 6.63. The Kier molecular flexibility index (Phi) is 2.18. The third kappa shape index (κ3) is 1.58. The Morgan fingerprint density at radius 1 is 1.53 bits per heavy atom. The third-order valence-electron chi connectivity index (χ3n) is 2.40. The minimum absolute atomic E-state index is 0.0414. The maximum atomic E-state index is 11.6. The van der Waals surface area contributed by atoms with Crippen LogP contribution in [0, 0.1) is 0 Å². The Morgan fingerprint density at radius 3 is 2.87 bits per heavy atom. The summed E-state index contributed by atoms with van der Waals surface area (Å²) in [6.45, 7) is 1.72. The van der Waals surface area contributed by atoms with Gasteiger partial charge in [-0.05, 0) is 6.92 Å². The van der Waals surface area contributed by atoms with Crippen molar-refractivity contribution in [2.75, 3.05) is 11.4 Å². The van der Waals surface area contributed by atoms with Gasteiger partial charge in [-0.2, -0.15) is 5.10 Å². The average Bonchev–Trinajstić information content (AvgIpc) is 2.59. The number of amides is 2. The minimum atomic E-state index is -0.499. The van der Waals surface area contributed by atoms with E-state index in [1.165, 1.54) is 4.90 Å². The lowest BCUT2D eigenvalue weighted by molar-refractivity contribution is -0.130. The van der Waals surface area contributed by atoms with Gasteiger partial charge in [0.25, 0.3) is 0 Å². The second-order valence-electron chi connectivity index (χ2n) is 3.51. The van der Waals surface area contributed by atoms with Crippen LogP contribution in [-0.2, 0) is 16.6 Å². The summed E-state index contributed by atoms with van der Waals surface area (Å²) in [4.78, 5) is 24.4. The molecule has 1 aromatic heterocycles. The summed E-state index contributed by atoms with van der Waals surface area (Å²) in [5.74, 6) is 0.228. The van der Waals surface area contributed by atoms with Gasteiger partial charge in [-0.1, -0.05) is 0 Å². The number of nitrogens with zero attached hydrogens (tertiary/aromatic N) is 3. The highest BCUT2D eigenvalue weighted by Crippen LogP contribution is 2.16. The summed E-state index contributed by atoms with van der Waals surface area (Å²) >= 11 is 0. The van der Waals surface area contributed by atoms with Gasteiger partial charge in [0.2, 0.25) is 11.8 Å². The molecule has 2 rings (SSSR count). The number of carbonyl (C=O) groups is 2. The standard InChI is InChI=1S/C9H12N4O2/c1-6-9(15)10-5-8(14)13(6)7-3-4-12(2)11-7/h3-4,6H,5H2,1-2H3,(H,10,15). The van der Waals surface area contributed by atoms with E-state index in [1.807, 2.05) is 0 Å². The van der Waals surface area contributed by atoms with Gasteiger partial charge in [-0.25, -0.2) is 0 Å². The SMILES string of the molecule is CC1C(=O)NCC(=O)N1c1ccn(C)n1. The monoisotopic (exact) mass is 208 g/mol. The Labute approximate surface area is 86.9 Å². The summed E-state index contributed by atoms with van der Waals surface area (Å²) < 4.78 is 1.60. The van der Waals surface area contributed by atoms with E-state index in [4.69, 9.17) is 0 Å². The van der Waals surface area contributed by atoms with Crippen molar-refractivity contribution in [3.05, 3.63) is 12.3 Å². The first-order valence-corrected chi connectivity index (χ1v) is 4.69. The van der Waals surface area contributed by atoms with E-state index in [1.54, 1.807) is 30.9 Å². The summed E-state index contributed by atoms with van der Waals surface area (Å²) in [7, 11) is 1.77. The molecule has 1 aliphatic heterocycles. The number of piperazine rings is 1. The molecular formula is C9H12N4O2. The molecule has 6 nitrogen and oxygen atoms in total. The van der Waals surface area contributed by atoms with E-state index in [2.05, 4.69) is 10.4 Å². The zero-order valence-electron chi connectivity index (χ0n) is 8.60. The van der Waals surface area contributed by atoms with E-state index in [9.17, 15) is 9.59 Å². The van der Waals surface area contributed by atoms with Gasteiger partial charge >= 0.3 is 0 Å². The smallest absolute Gasteiger partial charge is 0.248 e. The van der Waals surface area contributed by atoms with Crippen LogP contribution in [-0.4, -0.2) is 34.2 Å². The molecule has 0 radical (unpaired) electrons. The molecule has 1 unspecified atom stereocenters. The molecule has 1 atom stereocenters. The molecule has 0 aliphatic carbocycles. The topological polar surface area (TPSA) is 67.2 Å². The first-order valence-electron chi connectivity index (χ1n) is 4.69. The molecule has 1 aliphatic rings. The van der Waals surface area contributed by atoms with Gasteiger partial charge in [0.05, 0.1) is 6.54 Å². The van der Waals surface area contributed by atoms with Crippen LogP contribution < -0.4 is 10.2 Å². The normalized spacial score (nSPS) is 21.7. The molecule has 0 bridgehead atoms. The largest absolute Gasteiger partial charge is 0.345 e. The highest BCUT2D eigenvalue weighted by Gasteiger charge is 2.33. The van der Waals surface area contributed by atoms with Gasteiger partial charge in [0, 0.05) is 19.3 Å². The van der Waals surface area contributed by atoms with Crippen LogP contribution in [0.4, 0.5) is 5.82 Å². The molecule has 80 valence electrons. The molecule has 2 heterocycles. The maximum Gasteiger partial charge on any atom is 0.248 e. The first kappa shape index (κ1) is 9.70. The fourth-order valence-corrected chi connectivity index (χ4v) is 1.59. The molecule has 2 amide bonds. The average molecular weight is 208 g/mol. The number of hydrogen-bond donors (Lipinski definition) is 1. The lowest BCUT2D eigenvalue weighted by Crippen LogP contribution is -2.57. The van der Waals surface area contributed by atoms with Gasteiger partial charge in [0.1, 0.15) is 6.04 Å². The van der Waals surface area contributed by atoms with E-state index in [0.29, 0.717) is 5.82 Å². The van der Waals surface area contributed by atoms with Crippen molar-refractivity contribution in [3.8, 4) is 0 Å². The number of aryl methyl sites for hydroxylation is 1. The Bertz CT molecular complexity index is 412. The number of aromatic nitrogens is 2. The van der Waals surface area contributed by atoms with Crippen LogP contribution in [0.3, 0.4) is 0 Å². The number of nitrogens with one attached hydrogen (secondary N) is 1. The number of carbonyl (C=O) groups excluding carboxylic acids is 2. The zero-order valence-corrected chi connectivity index (χ0v) is 8.60. The Balaban J connectivity index is 2.33. The van der Waals surface area contributed by atoms with E-state index in [-0.39, 0.29) is 18.4 Å². The third-order valence-corrected chi connectivity index (χ3v) is 2.40. The van der Waals surface area contributed by atoms with Crippen molar-refractivity contribution in [2.45, 2.75) is 13.0 Å². The summed E-state index contributed by atoms with van der Waals surface area (Å²) in [6, 6.07) is 1.22. The number of hydrogen-bond acceptors (Lipinski definition) is 3. The van der Waals surface area contributed by atoms with Crippen LogP contribution in [0.2, 0.25) is 0 Å². The summed E-state index contributed by atoms with van der Waals surface area (Å²) in [6.07, 6.45) is 1.74. The van der Waals surface area contributed by atoms with E-state index >= 15 is 0 Å². The van der Waals surface area contributed by atoms with Crippen LogP contribution >= 0.6 is 0 Å². The predicted molar refractivity (Wildman–Crippen MR) is 53.2 cm³/mol. The molecular weight excluding hydrogens is 196 g/mol. The van der Waals surface area contributed by atoms with Crippen LogP contribution in [0.5, 0.6) is 0 Å². The fraction of sp³-hybridized carbons (Fsp3) is 0.444. The van der Waals surface area contributed by atoms with Crippen molar-refractivity contribution >= 4 is 17.6 Å². The number of rotatable bonds is 1. The molecule has 1 fully saturated rings. The van der Waals surface area contributed by atoms with Crippen molar-refractivity contribution < 1.29 is 9.59 Å². The molecule has 15 heavy (non-hydrogen) atoms. The maximum absolute atomic E-state index is 11.6. The predicted octanol–water partition coefficient (Wildman–Crippen LogP) is -0.729. The second-order valence-corrected chi connectivity index (χ2v) is 3.51. The van der Waals surface area contributed by atoms with Crippen LogP contribution in [0.1, 0.15) is 6.92 Å².